The summed E-state index contributed by atoms with van der Waals surface area (Å²) in [5.74, 6) is -2.65. The molecule has 0 aliphatic carbocycles. The minimum absolute atomic E-state index is 0.0612. The Balaban J connectivity index is 0.000000318. The smallest absolute Gasteiger partial charge is 0.475 e. The molecule has 3 aliphatic heterocycles. The molecule has 164 valence electrons. The zero-order valence-corrected chi connectivity index (χ0v) is 15.9. The SMILES string of the molecule is CC(Sc1nn[nH]n1)C1=C(OC(=O)O)N2C(=O)[C@H]3NCCC1[C@H]32.O=C(O)C(F)(F)F. The molecule has 16 heteroatoms. The van der Waals surface area contributed by atoms with Gasteiger partial charge in [0.05, 0.1) is 6.04 Å². The lowest BCUT2D eigenvalue weighted by Crippen LogP contribution is -2.71. The first kappa shape index (κ1) is 21.8. The second kappa shape index (κ2) is 8.10. The van der Waals surface area contributed by atoms with Crippen molar-refractivity contribution in [3.05, 3.63) is 11.5 Å². The largest absolute Gasteiger partial charge is 0.512 e. The molecule has 2 unspecified atom stereocenters. The topological polar surface area (TPSA) is 171 Å². The molecule has 2 fully saturated rings. The number of rotatable bonds is 4. The molecular weight excluding hydrogens is 437 g/mol. The first-order chi connectivity index (χ1) is 14.0. The van der Waals surface area contributed by atoms with Crippen LogP contribution in [-0.4, -0.2) is 83.8 Å². The number of hydrogen-bond donors (Lipinski definition) is 4. The van der Waals surface area contributed by atoms with Crippen LogP contribution in [-0.2, 0) is 14.3 Å². The number of carboxylic acids is 1. The van der Waals surface area contributed by atoms with Crippen LogP contribution in [0.15, 0.2) is 16.6 Å². The number of β-lactam (4-membered cyclic amide) rings is 1. The van der Waals surface area contributed by atoms with Crippen molar-refractivity contribution < 1.29 is 42.5 Å². The standard InChI is InChI=1S/C12H14N6O4S.C2HF3O2/c1-4(23-11-14-16-17-15-11)6-5-2-3-13-7-8(5)18(9(7)19)10(6)22-12(20)21;3-2(4,5)1(6)7/h4-5,7-8,13H,2-3H2,1H3,(H,20,21)(H,14,15,16,17);(H,6,7)/t4?,5?,7-,8+;/m0./s1. The maximum atomic E-state index is 12.2. The van der Waals surface area contributed by atoms with Gasteiger partial charge in [-0.1, -0.05) is 11.8 Å². The molecule has 3 aliphatic rings. The highest BCUT2D eigenvalue weighted by molar-refractivity contribution is 7.99. The van der Waals surface area contributed by atoms with Gasteiger partial charge in [-0.25, -0.2) is 9.59 Å². The summed E-state index contributed by atoms with van der Waals surface area (Å²) in [7, 11) is 0. The monoisotopic (exact) mass is 452 g/mol. The fraction of sp³-hybridized carbons (Fsp3) is 0.571. The van der Waals surface area contributed by atoms with E-state index in [1.165, 1.54) is 16.7 Å². The van der Waals surface area contributed by atoms with E-state index in [0.717, 1.165) is 18.5 Å². The Morgan fingerprint density at radius 3 is 2.57 bits per heavy atom. The number of tetrazole rings is 1. The molecule has 0 aromatic carbocycles. The molecule has 4 atom stereocenters. The highest BCUT2D eigenvalue weighted by Crippen LogP contribution is 2.49. The third-order valence-corrected chi connectivity index (χ3v) is 5.70. The summed E-state index contributed by atoms with van der Waals surface area (Å²) in [5.41, 5.74) is 0.824. The molecular formula is C14H15F3N6O6S. The maximum Gasteiger partial charge on any atom is 0.512 e. The normalized spacial score (nSPS) is 25.7. The van der Waals surface area contributed by atoms with Gasteiger partial charge >= 0.3 is 18.3 Å². The zero-order valence-electron chi connectivity index (χ0n) is 15.1. The van der Waals surface area contributed by atoms with Crippen molar-refractivity contribution in [3.8, 4) is 0 Å². The third kappa shape index (κ3) is 4.04. The number of carbonyl (C=O) groups excluding carboxylic acids is 1. The van der Waals surface area contributed by atoms with Crippen LogP contribution in [0.25, 0.3) is 0 Å². The van der Waals surface area contributed by atoms with Gasteiger partial charge in [0.25, 0.3) is 0 Å². The summed E-state index contributed by atoms with van der Waals surface area (Å²) in [6.45, 7) is 2.64. The molecule has 0 bridgehead atoms. The van der Waals surface area contributed by atoms with E-state index in [1.807, 2.05) is 6.92 Å². The summed E-state index contributed by atoms with van der Waals surface area (Å²) in [6, 6.07) is -0.310. The molecule has 1 amide bonds. The highest BCUT2D eigenvalue weighted by Gasteiger charge is 2.61. The number of halogens is 3. The number of nitrogens with zero attached hydrogens (tertiary/aromatic N) is 4. The Kier molecular flexibility index (Phi) is 5.89. The molecule has 1 aromatic rings. The zero-order chi connectivity index (χ0) is 22.2. The molecule has 4 N–H and O–H groups in total. The lowest BCUT2D eigenvalue weighted by molar-refractivity contribution is -0.192. The molecule has 12 nitrogen and oxygen atoms in total. The number of ether oxygens (including phenoxy) is 1. The Morgan fingerprint density at radius 1 is 1.37 bits per heavy atom. The van der Waals surface area contributed by atoms with E-state index in [1.54, 1.807) is 0 Å². The van der Waals surface area contributed by atoms with E-state index in [2.05, 4.69) is 25.9 Å². The number of nitrogens with one attached hydrogen (secondary N) is 2. The first-order valence-corrected chi connectivity index (χ1v) is 9.31. The van der Waals surface area contributed by atoms with Gasteiger partial charge in [-0.15, -0.1) is 10.2 Å². The molecule has 2 saturated heterocycles. The maximum absolute atomic E-state index is 12.2. The Labute approximate surface area is 169 Å². The fourth-order valence-electron chi connectivity index (χ4n) is 3.66. The highest BCUT2D eigenvalue weighted by atomic mass is 32.2. The van der Waals surface area contributed by atoms with Crippen LogP contribution < -0.4 is 5.32 Å². The van der Waals surface area contributed by atoms with Crippen molar-refractivity contribution in [1.82, 2.24) is 30.8 Å². The first-order valence-electron chi connectivity index (χ1n) is 8.43. The summed E-state index contributed by atoms with van der Waals surface area (Å²) < 4.78 is 36.7. The number of hydrogen-bond acceptors (Lipinski definition) is 9. The van der Waals surface area contributed by atoms with Crippen molar-refractivity contribution in [2.24, 2.45) is 5.92 Å². The van der Waals surface area contributed by atoms with Crippen LogP contribution >= 0.6 is 11.8 Å². The van der Waals surface area contributed by atoms with E-state index in [9.17, 15) is 22.8 Å². The van der Waals surface area contributed by atoms with Crippen molar-refractivity contribution in [2.75, 3.05) is 6.54 Å². The lowest BCUT2D eigenvalue weighted by atomic mass is 9.79. The number of aromatic nitrogens is 4. The van der Waals surface area contributed by atoms with E-state index in [-0.39, 0.29) is 35.0 Å². The summed E-state index contributed by atoms with van der Waals surface area (Å²) in [5, 5.41) is 33.4. The van der Waals surface area contributed by atoms with Gasteiger partial charge in [0.1, 0.15) is 6.04 Å². The second-order valence-corrected chi connectivity index (χ2v) is 7.72. The van der Waals surface area contributed by atoms with Gasteiger partial charge in [-0.2, -0.15) is 18.4 Å². The van der Waals surface area contributed by atoms with Crippen LogP contribution in [0.4, 0.5) is 18.0 Å². The summed E-state index contributed by atoms with van der Waals surface area (Å²) in [4.78, 5) is 33.7. The van der Waals surface area contributed by atoms with Gasteiger partial charge in [-0.3, -0.25) is 9.69 Å². The predicted molar refractivity (Wildman–Crippen MR) is 89.9 cm³/mol. The lowest BCUT2D eigenvalue weighted by Gasteiger charge is -2.48. The van der Waals surface area contributed by atoms with Gasteiger partial charge in [-0.05, 0) is 25.1 Å². The van der Waals surface area contributed by atoms with Crippen molar-refractivity contribution in [3.63, 3.8) is 0 Å². The Bertz CT molecular complexity index is 878. The predicted octanol–water partition coefficient (Wildman–Crippen LogP) is 0.422. The third-order valence-electron chi connectivity index (χ3n) is 4.71. The summed E-state index contributed by atoms with van der Waals surface area (Å²) >= 11 is 1.35. The quantitative estimate of drug-likeness (QED) is 0.284. The molecule has 4 heterocycles. The van der Waals surface area contributed by atoms with Gasteiger partial charge in [0.2, 0.25) is 16.9 Å². The van der Waals surface area contributed by atoms with E-state index in [4.69, 9.17) is 19.7 Å². The van der Waals surface area contributed by atoms with Crippen molar-refractivity contribution in [2.45, 2.75) is 42.0 Å². The average Bonchev–Trinajstić information content (AvgIpc) is 3.24. The number of amides is 1. The Morgan fingerprint density at radius 2 is 2.03 bits per heavy atom. The number of alkyl halides is 3. The van der Waals surface area contributed by atoms with Crippen molar-refractivity contribution in [1.29, 1.82) is 0 Å². The van der Waals surface area contributed by atoms with Crippen LogP contribution in [0.1, 0.15) is 13.3 Å². The van der Waals surface area contributed by atoms with Crippen LogP contribution in [0.5, 0.6) is 0 Å². The molecule has 4 rings (SSSR count). The summed E-state index contributed by atoms with van der Waals surface area (Å²) in [6.07, 6.45) is -5.68. The minimum atomic E-state index is -5.08. The number of H-pyrrole nitrogens is 1. The molecule has 0 radical (unpaired) electrons. The number of thioether (sulfide) groups is 1. The number of piperidine rings is 1. The number of aliphatic carboxylic acids is 1. The van der Waals surface area contributed by atoms with Gasteiger partial charge in [0.15, 0.2) is 0 Å². The average molecular weight is 452 g/mol. The van der Waals surface area contributed by atoms with Crippen LogP contribution in [0, 0.1) is 5.92 Å². The molecule has 30 heavy (non-hydrogen) atoms. The van der Waals surface area contributed by atoms with Crippen LogP contribution in [0.3, 0.4) is 0 Å². The minimum Gasteiger partial charge on any atom is -0.475 e. The number of carbonyl (C=O) groups is 3. The van der Waals surface area contributed by atoms with Gasteiger partial charge in [0, 0.05) is 16.7 Å². The van der Waals surface area contributed by atoms with E-state index >= 15 is 0 Å². The second-order valence-electron chi connectivity index (χ2n) is 6.41. The van der Waals surface area contributed by atoms with E-state index < -0.39 is 18.3 Å². The fourth-order valence-corrected chi connectivity index (χ4v) is 4.56. The van der Waals surface area contributed by atoms with Crippen LogP contribution in [0.2, 0.25) is 0 Å². The van der Waals surface area contributed by atoms with Crippen molar-refractivity contribution >= 4 is 29.8 Å². The molecule has 1 aromatic heterocycles. The van der Waals surface area contributed by atoms with E-state index in [0.29, 0.717) is 5.16 Å². The Hall–Kier alpha value is -2.88. The van der Waals surface area contributed by atoms with Gasteiger partial charge < -0.3 is 20.3 Å². The number of aromatic amines is 1. The molecule has 0 spiro atoms. The number of carboxylic acid groups (broad SMARTS) is 2. The molecule has 0 saturated carbocycles.